The zero-order valence-electron chi connectivity index (χ0n) is 13.8. The molecule has 0 saturated carbocycles. The molecule has 1 amide bonds. The highest BCUT2D eigenvalue weighted by Gasteiger charge is 2.25. The van der Waals surface area contributed by atoms with Crippen LogP contribution in [0.2, 0.25) is 0 Å². The molecule has 4 heteroatoms. The van der Waals surface area contributed by atoms with E-state index in [4.69, 9.17) is 4.74 Å². The van der Waals surface area contributed by atoms with Gasteiger partial charge in [0.25, 0.3) is 5.91 Å². The second kappa shape index (κ2) is 6.90. The van der Waals surface area contributed by atoms with Crippen LogP contribution < -0.4 is 4.74 Å². The van der Waals surface area contributed by atoms with Crippen molar-refractivity contribution >= 4 is 5.91 Å². The fourth-order valence-corrected chi connectivity index (χ4v) is 3.10. The second-order valence-electron chi connectivity index (χ2n) is 6.48. The van der Waals surface area contributed by atoms with E-state index in [0.717, 1.165) is 37.2 Å². The first kappa shape index (κ1) is 15.7. The van der Waals surface area contributed by atoms with Gasteiger partial charge in [-0.2, -0.15) is 0 Å². The topological polar surface area (TPSA) is 45.3 Å². The van der Waals surface area contributed by atoms with Crippen LogP contribution in [0.1, 0.15) is 34.5 Å². The number of hydrogen-bond donors (Lipinski definition) is 1. The van der Waals surface area contributed by atoms with Gasteiger partial charge in [0.1, 0.15) is 11.4 Å². The molecular formula is C19H24N2O2. The Morgan fingerprint density at radius 2 is 2.17 bits per heavy atom. The summed E-state index contributed by atoms with van der Waals surface area (Å²) in [7, 11) is 0. The molecule has 4 nitrogen and oxygen atoms in total. The molecule has 23 heavy (non-hydrogen) atoms. The molecule has 1 aromatic carbocycles. The van der Waals surface area contributed by atoms with E-state index in [2.05, 4.69) is 18.0 Å². The van der Waals surface area contributed by atoms with Crippen LogP contribution in [0.4, 0.5) is 0 Å². The number of carbonyl (C=O) groups excluding carboxylic acids is 1. The molecule has 0 spiro atoms. The molecule has 0 aliphatic carbocycles. The first-order valence-corrected chi connectivity index (χ1v) is 8.25. The van der Waals surface area contributed by atoms with Gasteiger partial charge < -0.3 is 14.6 Å². The number of aromatic nitrogens is 1. The van der Waals surface area contributed by atoms with Gasteiger partial charge in [-0.15, -0.1) is 0 Å². The minimum absolute atomic E-state index is 0.0957. The minimum atomic E-state index is 0.0957. The van der Waals surface area contributed by atoms with Crippen molar-refractivity contribution < 1.29 is 9.53 Å². The summed E-state index contributed by atoms with van der Waals surface area (Å²) in [6.07, 6.45) is 4.02. The average Bonchev–Trinajstić information content (AvgIpc) is 2.99. The number of nitrogens with zero attached hydrogens (tertiary/aromatic N) is 1. The van der Waals surface area contributed by atoms with Crippen LogP contribution in [0.3, 0.4) is 0 Å². The lowest BCUT2D eigenvalue weighted by Gasteiger charge is -2.32. The Morgan fingerprint density at radius 3 is 2.91 bits per heavy atom. The summed E-state index contributed by atoms with van der Waals surface area (Å²) in [4.78, 5) is 17.5. The highest BCUT2D eigenvalue weighted by molar-refractivity contribution is 5.92. The van der Waals surface area contributed by atoms with Crippen molar-refractivity contribution in [1.82, 2.24) is 9.88 Å². The molecule has 1 aliphatic rings. The summed E-state index contributed by atoms with van der Waals surface area (Å²) >= 11 is 0. The number of rotatable bonds is 4. The third-order valence-electron chi connectivity index (χ3n) is 4.34. The van der Waals surface area contributed by atoms with Crippen LogP contribution >= 0.6 is 0 Å². The number of hydrogen-bond acceptors (Lipinski definition) is 2. The monoisotopic (exact) mass is 312 g/mol. The molecular weight excluding hydrogens is 288 g/mol. The molecule has 1 N–H and O–H groups in total. The number of piperidine rings is 1. The number of H-pyrrole nitrogens is 1. The van der Waals surface area contributed by atoms with E-state index in [0.29, 0.717) is 18.2 Å². The molecule has 0 unspecified atom stereocenters. The van der Waals surface area contributed by atoms with E-state index < -0.39 is 0 Å². The van der Waals surface area contributed by atoms with Crippen molar-refractivity contribution in [3.8, 4) is 5.75 Å². The lowest BCUT2D eigenvalue weighted by Crippen LogP contribution is -2.41. The molecule has 1 saturated heterocycles. The summed E-state index contributed by atoms with van der Waals surface area (Å²) in [6.45, 7) is 6.31. The van der Waals surface area contributed by atoms with Crippen LogP contribution in [0, 0.1) is 19.8 Å². The number of nitrogens with one attached hydrogen (secondary N) is 1. The van der Waals surface area contributed by atoms with E-state index in [9.17, 15) is 4.79 Å². The Labute approximate surface area is 137 Å². The number of aromatic amines is 1. The molecule has 122 valence electrons. The maximum atomic E-state index is 12.5. The van der Waals surface area contributed by atoms with Crippen LogP contribution in [0.5, 0.6) is 5.75 Å². The smallest absolute Gasteiger partial charge is 0.270 e. The number of aryl methyl sites for hydroxylation is 2. The summed E-state index contributed by atoms with van der Waals surface area (Å²) in [5.41, 5.74) is 2.97. The van der Waals surface area contributed by atoms with E-state index in [1.54, 1.807) is 0 Å². The normalized spacial score (nSPS) is 18.0. The highest BCUT2D eigenvalue weighted by atomic mass is 16.5. The predicted octanol–water partition coefficient (Wildman–Crippen LogP) is 3.56. The van der Waals surface area contributed by atoms with Gasteiger partial charge in [0, 0.05) is 25.2 Å². The van der Waals surface area contributed by atoms with Crippen molar-refractivity contribution in [2.75, 3.05) is 19.7 Å². The predicted molar refractivity (Wildman–Crippen MR) is 90.8 cm³/mol. The fraction of sp³-hybridized carbons (Fsp3) is 0.421. The van der Waals surface area contributed by atoms with Crippen LogP contribution in [0.25, 0.3) is 0 Å². The number of ether oxygens (including phenoxy) is 1. The Balaban J connectivity index is 1.56. The molecule has 2 heterocycles. The van der Waals surface area contributed by atoms with Crippen molar-refractivity contribution in [2.45, 2.75) is 26.7 Å². The molecule has 0 radical (unpaired) electrons. The first-order valence-electron chi connectivity index (χ1n) is 8.25. The molecule has 1 atom stereocenters. The van der Waals surface area contributed by atoms with Gasteiger partial charge in [-0.05, 0) is 56.0 Å². The maximum absolute atomic E-state index is 12.5. The largest absolute Gasteiger partial charge is 0.493 e. The summed E-state index contributed by atoms with van der Waals surface area (Å²) < 4.78 is 5.92. The van der Waals surface area contributed by atoms with E-state index in [1.807, 2.05) is 42.3 Å². The fourth-order valence-electron chi connectivity index (χ4n) is 3.10. The van der Waals surface area contributed by atoms with Gasteiger partial charge in [-0.25, -0.2) is 0 Å². The van der Waals surface area contributed by atoms with Gasteiger partial charge in [0.05, 0.1) is 6.61 Å². The third-order valence-corrected chi connectivity index (χ3v) is 4.34. The Hall–Kier alpha value is -2.23. The first-order chi connectivity index (χ1) is 11.1. The van der Waals surface area contributed by atoms with Crippen molar-refractivity contribution in [1.29, 1.82) is 0 Å². The molecule has 1 aromatic heterocycles. The zero-order valence-corrected chi connectivity index (χ0v) is 13.8. The Kier molecular flexibility index (Phi) is 4.70. The summed E-state index contributed by atoms with van der Waals surface area (Å²) in [6, 6.07) is 10.0. The number of benzene rings is 1. The van der Waals surface area contributed by atoms with Crippen molar-refractivity contribution in [2.24, 2.45) is 5.92 Å². The van der Waals surface area contributed by atoms with Gasteiger partial charge in [-0.3, -0.25) is 4.79 Å². The van der Waals surface area contributed by atoms with Gasteiger partial charge in [-0.1, -0.05) is 12.1 Å². The highest BCUT2D eigenvalue weighted by Crippen LogP contribution is 2.21. The van der Waals surface area contributed by atoms with Crippen LogP contribution in [0.15, 0.2) is 36.5 Å². The van der Waals surface area contributed by atoms with Crippen molar-refractivity contribution in [3.63, 3.8) is 0 Å². The van der Waals surface area contributed by atoms with E-state index >= 15 is 0 Å². The van der Waals surface area contributed by atoms with E-state index in [1.165, 1.54) is 5.56 Å². The molecule has 0 bridgehead atoms. The second-order valence-corrected chi connectivity index (χ2v) is 6.48. The number of amides is 1. The number of likely N-dealkylation sites (tertiary alicyclic amines) is 1. The molecule has 1 fully saturated rings. The maximum Gasteiger partial charge on any atom is 0.270 e. The van der Waals surface area contributed by atoms with E-state index in [-0.39, 0.29) is 5.91 Å². The molecule has 3 rings (SSSR count). The third kappa shape index (κ3) is 3.95. The lowest BCUT2D eigenvalue weighted by molar-refractivity contribution is 0.0628. The molecule has 2 aromatic rings. The number of carbonyl (C=O) groups is 1. The Morgan fingerprint density at radius 1 is 1.30 bits per heavy atom. The summed E-state index contributed by atoms with van der Waals surface area (Å²) in [5.74, 6) is 1.40. The van der Waals surface area contributed by atoms with Crippen LogP contribution in [-0.2, 0) is 0 Å². The Bertz CT molecular complexity index is 678. The quantitative estimate of drug-likeness (QED) is 0.938. The van der Waals surface area contributed by atoms with Gasteiger partial charge in [0.2, 0.25) is 0 Å². The standard InChI is InChI=1S/C19H24N2O2/c1-14-5-3-7-17(9-14)23-13-16-6-4-8-21(12-16)19(22)18-10-15(2)11-20-18/h3,5,7,9-11,16,20H,4,6,8,12-13H2,1-2H3/t16-/m1/s1. The van der Waals surface area contributed by atoms with Crippen LogP contribution in [-0.4, -0.2) is 35.5 Å². The SMILES string of the molecule is Cc1cccc(OC[C@@H]2CCCN(C(=O)c3cc(C)c[nH]3)C2)c1. The molecule has 1 aliphatic heterocycles. The van der Waals surface area contributed by atoms with Gasteiger partial charge in [0.15, 0.2) is 0 Å². The zero-order chi connectivity index (χ0) is 16.2. The van der Waals surface area contributed by atoms with Crippen molar-refractivity contribution in [3.05, 3.63) is 53.3 Å². The lowest BCUT2D eigenvalue weighted by atomic mass is 9.98. The average molecular weight is 312 g/mol. The summed E-state index contributed by atoms with van der Waals surface area (Å²) in [5, 5.41) is 0. The minimum Gasteiger partial charge on any atom is -0.493 e. The van der Waals surface area contributed by atoms with Gasteiger partial charge >= 0.3 is 0 Å².